The second-order valence-electron chi connectivity index (χ2n) is 3.45. The SMILES string of the molecule is [NH]C1CC2CC([NH])C1C2. The first-order chi connectivity index (χ1) is 4.27. The first-order valence-electron chi connectivity index (χ1n) is 3.69. The number of rotatable bonds is 0. The number of fused-ring (bicyclic) bond motifs is 2. The molecule has 2 rings (SSSR count). The minimum atomic E-state index is 0.117. The third-order valence-electron chi connectivity index (χ3n) is 2.81. The fourth-order valence-electron chi connectivity index (χ4n) is 2.35. The molecule has 0 aromatic rings. The Morgan fingerprint density at radius 1 is 0.889 bits per heavy atom. The summed E-state index contributed by atoms with van der Waals surface area (Å²) >= 11 is 0. The molecule has 2 fully saturated rings. The summed E-state index contributed by atoms with van der Waals surface area (Å²) in [7, 11) is 0. The van der Waals surface area contributed by atoms with Crippen molar-refractivity contribution in [3.05, 3.63) is 0 Å². The van der Waals surface area contributed by atoms with Crippen LogP contribution in [-0.2, 0) is 0 Å². The highest BCUT2D eigenvalue weighted by atomic mass is 14.8. The Morgan fingerprint density at radius 3 is 1.67 bits per heavy atom. The molecule has 2 atom stereocenters. The van der Waals surface area contributed by atoms with Gasteiger partial charge in [-0.3, -0.25) is 11.5 Å². The van der Waals surface area contributed by atoms with E-state index in [1.54, 1.807) is 0 Å². The van der Waals surface area contributed by atoms with E-state index in [1.807, 2.05) is 0 Å². The van der Waals surface area contributed by atoms with Gasteiger partial charge in [-0.2, -0.15) is 0 Å². The topological polar surface area (TPSA) is 47.6 Å². The Morgan fingerprint density at radius 2 is 1.44 bits per heavy atom. The maximum atomic E-state index is 7.53. The number of hydrogen-bond donors (Lipinski definition) is 0. The van der Waals surface area contributed by atoms with E-state index < -0.39 is 0 Å². The van der Waals surface area contributed by atoms with E-state index in [0.29, 0.717) is 5.92 Å². The van der Waals surface area contributed by atoms with Gasteiger partial charge in [0.1, 0.15) is 0 Å². The highest BCUT2D eigenvalue weighted by Crippen LogP contribution is 2.43. The Bertz CT molecular complexity index is 112. The standard InChI is InChI=1S/C7H12N2/c8-6-2-4-1-5(6)7(9)3-4/h4-9H,1-3H2. The van der Waals surface area contributed by atoms with Crippen LogP contribution in [0.1, 0.15) is 19.3 Å². The van der Waals surface area contributed by atoms with Crippen LogP contribution >= 0.6 is 0 Å². The lowest BCUT2D eigenvalue weighted by Gasteiger charge is -2.21. The maximum absolute atomic E-state index is 7.53. The first kappa shape index (κ1) is 5.69. The van der Waals surface area contributed by atoms with Gasteiger partial charge in [-0.25, -0.2) is 0 Å². The largest absolute Gasteiger partial charge is 0.254 e. The Hall–Kier alpha value is -0.0800. The third-order valence-corrected chi connectivity index (χ3v) is 2.81. The molecule has 0 amide bonds. The monoisotopic (exact) mass is 124 g/mol. The maximum Gasteiger partial charge on any atom is 0.0259 e. The molecule has 9 heavy (non-hydrogen) atoms. The molecule has 0 aromatic heterocycles. The van der Waals surface area contributed by atoms with Gasteiger partial charge in [0, 0.05) is 12.1 Å². The van der Waals surface area contributed by atoms with Crippen LogP contribution in [0.3, 0.4) is 0 Å². The molecule has 2 heteroatoms. The van der Waals surface area contributed by atoms with Crippen molar-refractivity contribution in [2.45, 2.75) is 31.3 Å². The minimum absolute atomic E-state index is 0.117. The Kier molecular flexibility index (Phi) is 1.08. The van der Waals surface area contributed by atoms with Crippen LogP contribution in [0.5, 0.6) is 0 Å². The molecule has 0 aromatic carbocycles. The third kappa shape index (κ3) is 0.700. The van der Waals surface area contributed by atoms with Crippen LogP contribution in [0.15, 0.2) is 0 Å². The van der Waals surface area contributed by atoms with Gasteiger partial charge in [0.25, 0.3) is 0 Å². The molecule has 0 heterocycles. The zero-order valence-corrected chi connectivity index (χ0v) is 5.43. The fourth-order valence-corrected chi connectivity index (χ4v) is 2.35. The lowest BCUT2D eigenvalue weighted by Crippen LogP contribution is -2.30. The first-order valence-corrected chi connectivity index (χ1v) is 3.69. The van der Waals surface area contributed by atoms with Gasteiger partial charge in [-0.15, -0.1) is 0 Å². The van der Waals surface area contributed by atoms with Crippen molar-refractivity contribution in [1.29, 1.82) is 0 Å². The van der Waals surface area contributed by atoms with Crippen molar-refractivity contribution >= 4 is 0 Å². The van der Waals surface area contributed by atoms with Crippen molar-refractivity contribution in [2.75, 3.05) is 0 Å². The van der Waals surface area contributed by atoms with Crippen molar-refractivity contribution in [3.8, 4) is 0 Å². The molecule has 2 unspecified atom stereocenters. The normalized spacial score (nSPS) is 56.7. The molecular weight excluding hydrogens is 112 g/mol. The molecule has 2 aliphatic carbocycles. The summed E-state index contributed by atoms with van der Waals surface area (Å²) in [6, 6.07) is 0.234. The quantitative estimate of drug-likeness (QED) is 0.457. The zero-order valence-electron chi connectivity index (χ0n) is 5.43. The number of hydrogen-bond acceptors (Lipinski definition) is 0. The van der Waals surface area contributed by atoms with Crippen LogP contribution in [0.4, 0.5) is 0 Å². The van der Waals surface area contributed by atoms with Gasteiger partial charge in [-0.1, -0.05) is 0 Å². The fraction of sp³-hybridized carbons (Fsp3) is 1.00. The zero-order chi connectivity index (χ0) is 6.43. The van der Waals surface area contributed by atoms with Gasteiger partial charge in [0.05, 0.1) is 0 Å². The summed E-state index contributed by atoms with van der Waals surface area (Å²) in [6.07, 6.45) is 3.35. The molecule has 0 spiro atoms. The predicted octanol–water partition coefficient (Wildman–Crippen LogP) is 0.719. The molecule has 2 radical (unpaired) electrons. The Balaban J connectivity index is 2.13. The van der Waals surface area contributed by atoms with Gasteiger partial charge >= 0.3 is 0 Å². The van der Waals surface area contributed by atoms with E-state index in [9.17, 15) is 0 Å². The van der Waals surface area contributed by atoms with Crippen molar-refractivity contribution in [3.63, 3.8) is 0 Å². The summed E-state index contributed by atoms with van der Waals surface area (Å²) in [5.41, 5.74) is 15.1. The molecule has 2 saturated carbocycles. The van der Waals surface area contributed by atoms with E-state index in [1.165, 1.54) is 6.42 Å². The molecule has 2 N–H and O–H groups in total. The summed E-state index contributed by atoms with van der Waals surface area (Å²) in [5, 5.41) is 0. The molecule has 0 aliphatic heterocycles. The van der Waals surface area contributed by atoms with Gasteiger partial charge in [0.15, 0.2) is 0 Å². The van der Waals surface area contributed by atoms with Crippen LogP contribution < -0.4 is 11.5 Å². The molecule has 50 valence electrons. The second kappa shape index (κ2) is 1.70. The average molecular weight is 124 g/mol. The van der Waals surface area contributed by atoms with Crippen molar-refractivity contribution in [2.24, 2.45) is 11.8 Å². The predicted molar refractivity (Wildman–Crippen MR) is 34.6 cm³/mol. The molecule has 2 bridgehead atoms. The van der Waals surface area contributed by atoms with Crippen molar-refractivity contribution < 1.29 is 0 Å². The summed E-state index contributed by atoms with van der Waals surface area (Å²) in [5.74, 6) is 1.19. The summed E-state index contributed by atoms with van der Waals surface area (Å²) < 4.78 is 0. The molecule has 2 aliphatic rings. The van der Waals surface area contributed by atoms with E-state index >= 15 is 0 Å². The lowest BCUT2D eigenvalue weighted by molar-refractivity contribution is 0.354. The van der Waals surface area contributed by atoms with Gasteiger partial charge in [0.2, 0.25) is 0 Å². The Labute approximate surface area is 55.6 Å². The molecule has 2 nitrogen and oxygen atoms in total. The lowest BCUT2D eigenvalue weighted by atomic mass is 9.92. The van der Waals surface area contributed by atoms with Crippen molar-refractivity contribution in [1.82, 2.24) is 11.5 Å². The van der Waals surface area contributed by atoms with Crippen LogP contribution in [0.25, 0.3) is 0 Å². The van der Waals surface area contributed by atoms with E-state index in [2.05, 4.69) is 0 Å². The number of nitrogens with one attached hydrogen (secondary N) is 2. The highest BCUT2D eigenvalue weighted by molar-refractivity contribution is 4.98. The van der Waals surface area contributed by atoms with Crippen LogP contribution in [-0.4, -0.2) is 12.1 Å². The van der Waals surface area contributed by atoms with E-state index in [4.69, 9.17) is 11.5 Å². The highest BCUT2D eigenvalue weighted by Gasteiger charge is 2.43. The molecule has 0 saturated heterocycles. The summed E-state index contributed by atoms with van der Waals surface area (Å²) in [4.78, 5) is 0. The second-order valence-corrected chi connectivity index (χ2v) is 3.45. The van der Waals surface area contributed by atoms with Gasteiger partial charge in [-0.05, 0) is 31.1 Å². The van der Waals surface area contributed by atoms with Gasteiger partial charge < -0.3 is 0 Å². The van der Waals surface area contributed by atoms with Crippen LogP contribution in [0, 0.1) is 11.8 Å². The minimum Gasteiger partial charge on any atom is -0.254 e. The smallest absolute Gasteiger partial charge is 0.0259 e. The van der Waals surface area contributed by atoms with E-state index in [-0.39, 0.29) is 12.1 Å². The van der Waals surface area contributed by atoms with Crippen LogP contribution in [0.2, 0.25) is 0 Å². The summed E-state index contributed by atoms with van der Waals surface area (Å²) in [6.45, 7) is 0. The molecular formula is C7H12N2. The average Bonchev–Trinajstić information content (AvgIpc) is 2.22. The van der Waals surface area contributed by atoms with E-state index in [0.717, 1.165) is 18.8 Å².